The molecular weight excluding hydrogens is 310 g/mol. The molecule has 2 heterocycles. The zero-order valence-corrected chi connectivity index (χ0v) is 14.7. The standard InChI is InChI=1S/C16H27N5O3/c1-16(2,3)24-15(23)21-11-9-20(10-12-21)8-4-6-17-14(22)13-5-7-18-19-13/h5,7H,4,6,8-12H2,1-3H3,(H,17,22)(H,18,19). The third-order valence-corrected chi connectivity index (χ3v) is 3.71. The second kappa shape index (κ2) is 8.14. The van der Waals surface area contributed by atoms with E-state index in [4.69, 9.17) is 4.74 Å². The number of nitrogens with zero attached hydrogens (tertiary/aromatic N) is 3. The van der Waals surface area contributed by atoms with Gasteiger partial charge in [0, 0.05) is 38.9 Å². The molecule has 134 valence electrons. The lowest BCUT2D eigenvalue weighted by atomic mass is 10.2. The second-order valence-electron chi connectivity index (χ2n) is 6.89. The van der Waals surface area contributed by atoms with E-state index >= 15 is 0 Å². The second-order valence-corrected chi connectivity index (χ2v) is 6.89. The van der Waals surface area contributed by atoms with Crippen LogP contribution in [0.4, 0.5) is 4.79 Å². The van der Waals surface area contributed by atoms with Gasteiger partial charge in [0.05, 0.1) is 0 Å². The smallest absolute Gasteiger partial charge is 0.410 e. The molecule has 2 amide bonds. The van der Waals surface area contributed by atoms with E-state index in [1.54, 1.807) is 17.2 Å². The molecule has 8 nitrogen and oxygen atoms in total. The van der Waals surface area contributed by atoms with Crippen molar-refractivity contribution >= 4 is 12.0 Å². The van der Waals surface area contributed by atoms with E-state index in [1.165, 1.54) is 0 Å². The number of aromatic amines is 1. The van der Waals surface area contributed by atoms with Crippen LogP contribution in [0.3, 0.4) is 0 Å². The number of nitrogens with one attached hydrogen (secondary N) is 2. The van der Waals surface area contributed by atoms with Gasteiger partial charge in [0.15, 0.2) is 0 Å². The maximum atomic E-state index is 12.0. The number of piperazine rings is 1. The van der Waals surface area contributed by atoms with Gasteiger partial charge in [-0.05, 0) is 39.8 Å². The Labute approximate surface area is 142 Å². The average molecular weight is 337 g/mol. The van der Waals surface area contributed by atoms with Gasteiger partial charge in [0.25, 0.3) is 5.91 Å². The van der Waals surface area contributed by atoms with E-state index in [9.17, 15) is 9.59 Å². The molecule has 2 rings (SSSR count). The molecule has 0 radical (unpaired) electrons. The Morgan fingerprint density at radius 1 is 1.29 bits per heavy atom. The van der Waals surface area contributed by atoms with Crippen LogP contribution >= 0.6 is 0 Å². The summed E-state index contributed by atoms with van der Waals surface area (Å²) in [6, 6.07) is 1.64. The number of aromatic nitrogens is 2. The molecule has 2 N–H and O–H groups in total. The Balaban J connectivity index is 1.60. The summed E-state index contributed by atoms with van der Waals surface area (Å²) in [4.78, 5) is 27.8. The number of hydrogen-bond acceptors (Lipinski definition) is 5. The van der Waals surface area contributed by atoms with Gasteiger partial charge in [-0.3, -0.25) is 14.8 Å². The lowest BCUT2D eigenvalue weighted by Crippen LogP contribution is -2.50. The molecule has 0 aromatic carbocycles. The highest BCUT2D eigenvalue weighted by Gasteiger charge is 2.25. The summed E-state index contributed by atoms with van der Waals surface area (Å²) in [5.74, 6) is -0.137. The molecule has 1 aromatic rings. The van der Waals surface area contributed by atoms with Gasteiger partial charge in [0.2, 0.25) is 0 Å². The van der Waals surface area contributed by atoms with Crippen molar-refractivity contribution in [2.45, 2.75) is 32.8 Å². The summed E-state index contributed by atoms with van der Waals surface area (Å²) in [5, 5.41) is 9.24. The zero-order valence-electron chi connectivity index (χ0n) is 14.7. The van der Waals surface area contributed by atoms with Crippen molar-refractivity contribution in [3.8, 4) is 0 Å². The summed E-state index contributed by atoms with van der Waals surface area (Å²) >= 11 is 0. The highest BCUT2D eigenvalue weighted by molar-refractivity contribution is 5.92. The Kier molecular flexibility index (Phi) is 6.19. The van der Waals surface area contributed by atoms with Crippen LogP contribution in [0.15, 0.2) is 12.3 Å². The van der Waals surface area contributed by atoms with Crippen LogP contribution in [0, 0.1) is 0 Å². The fraction of sp³-hybridized carbons (Fsp3) is 0.688. The average Bonchev–Trinajstić information content (AvgIpc) is 3.04. The first kappa shape index (κ1) is 18.3. The van der Waals surface area contributed by atoms with Gasteiger partial charge in [-0.25, -0.2) is 4.79 Å². The summed E-state index contributed by atoms with van der Waals surface area (Å²) in [5.41, 5.74) is 0.0159. The van der Waals surface area contributed by atoms with Crippen LogP contribution in [0.1, 0.15) is 37.7 Å². The largest absolute Gasteiger partial charge is 0.444 e. The highest BCUT2D eigenvalue weighted by atomic mass is 16.6. The number of rotatable bonds is 5. The first-order valence-corrected chi connectivity index (χ1v) is 8.33. The van der Waals surface area contributed by atoms with E-state index in [0.29, 0.717) is 25.3 Å². The van der Waals surface area contributed by atoms with Crippen molar-refractivity contribution in [3.63, 3.8) is 0 Å². The molecule has 0 atom stereocenters. The number of H-pyrrole nitrogens is 1. The van der Waals surface area contributed by atoms with Gasteiger partial charge in [-0.1, -0.05) is 0 Å². The lowest BCUT2D eigenvalue weighted by molar-refractivity contribution is 0.0144. The fourth-order valence-electron chi connectivity index (χ4n) is 2.46. The molecule has 1 saturated heterocycles. The minimum Gasteiger partial charge on any atom is -0.444 e. The van der Waals surface area contributed by atoms with Crippen LogP contribution in [-0.4, -0.2) is 76.9 Å². The van der Waals surface area contributed by atoms with Crippen molar-refractivity contribution in [3.05, 3.63) is 18.0 Å². The molecule has 0 unspecified atom stereocenters. The molecule has 0 spiro atoms. The molecule has 0 bridgehead atoms. The van der Waals surface area contributed by atoms with E-state index < -0.39 is 5.60 Å². The minimum absolute atomic E-state index is 0.137. The molecule has 8 heteroatoms. The van der Waals surface area contributed by atoms with Gasteiger partial charge in [-0.15, -0.1) is 0 Å². The minimum atomic E-state index is -0.457. The van der Waals surface area contributed by atoms with E-state index in [2.05, 4.69) is 20.4 Å². The van der Waals surface area contributed by atoms with Gasteiger partial charge in [-0.2, -0.15) is 5.10 Å². The maximum Gasteiger partial charge on any atom is 0.410 e. The molecule has 0 aliphatic carbocycles. The Hall–Kier alpha value is -2.09. The van der Waals surface area contributed by atoms with Crippen LogP contribution in [-0.2, 0) is 4.74 Å². The molecule has 24 heavy (non-hydrogen) atoms. The quantitative estimate of drug-likeness (QED) is 0.785. The monoisotopic (exact) mass is 337 g/mol. The molecular formula is C16H27N5O3. The first-order chi connectivity index (χ1) is 11.3. The molecule has 1 aliphatic rings. The highest BCUT2D eigenvalue weighted by Crippen LogP contribution is 2.11. The van der Waals surface area contributed by atoms with E-state index in [1.807, 2.05) is 20.8 Å². The van der Waals surface area contributed by atoms with Crippen LogP contribution in [0.5, 0.6) is 0 Å². The molecule has 1 aromatic heterocycles. The van der Waals surface area contributed by atoms with Crippen LogP contribution < -0.4 is 5.32 Å². The summed E-state index contributed by atoms with van der Waals surface area (Å²) < 4.78 is 5.39. The third-order valence-electron chi connectivity index (χ3n) is 3.71. The number of hydrogen-bond donors (Lipinski definition) is 2. The van der Waals surface area contributed by atoms with Crippen molar-refractivity contribution in [1.82, 2.24) is 25.3 Å². The van der Waals surface area contributed by atoms with Gasteiger partial charge >= 0.3 is 6.09 Å². The van der Waals surface area contributed by atoms with Crippen LogP contribution in [0.25, 0.3) is 0 Å². The Morgan fingerprint density at radius 2 is 2.00 bits per heavy atom. The summed E-state index contributed by atoms with van der Waals surface area (Å²) in [7, 11) is 0. The summed E-state index contributed by atoms with van der Waals surface area (Å²) in [6.07, 6.45) is 2.18. The first-order valence-electron chi connectivity index (χ1n) is 8.33. The van der Waals surface area contributed by atoms with E-state index in [-0.39, 0.29) is 12.0 Å². The van der Waals surface area contributed by atoms with Crippen LogP contribution in [0.2, 0.25) is 0 Å². The molecule has 0 saturated carbocycles. The van der Waals surface area contributed by atoms with Crippen molar-refractivity contribution in [1.29, 1.82) is 0 Å². The predicted octanol–water partition coefficient (Wildman–Crippen LogP) is 1.08. The number of carbonyl (C=O) groups excluding carboxylic acids is 2. The van der Waals surface area contributed by atoms with Crippen molar-refractivity contribution < 1.29 is 14.3 Å². The number of ether oxygens (including phenoxy) is 1. The number of amides is 2. The summed E-state index contributed by atoms with van der Waals surface area (Å²) in [6.45, 7) is 10.1. The maximum absolute atomic E-state index is 12.0. The van der Waals surface area contributed by atoms with Crippen molar-refractivity contribution in [2.24, 2.45) is 0 Å². The van der Waals surface area contributed by atoms with Gasteiger partial charge in [0.1, 0.15) is 11.3 Å². The predicted molar refractivity (Wildman–Crippen MR) is 89.8 cm³/mol. The lowest BCUT2D eigenvalue weighted by Gasteiger charge is -2.35. The third kappa shape index (κ3) is 5.84. The number of carbonyl (C=O) groups is 2. The zero-order chi connectivity index (χ0) is 17.6. The molecule has 1 fully saturated rings. The Morgan fingerprint density at radius 3 is 2.58 bits per heavy atom. The topological polar surface area (TPSA) is 90.6 Å². The molecule has 1 aliphatic heterocycles. The SMILES string of the molecule is CC(C)(C)OC(=O)N1CCN(CCCNC(=O)c2ccn[nH]2)CC1. The normalized spacial score (nSPS) is 16.0. The van der Waals surface area contributed by atoms with Gasteiger partial charge < -0.3 is 15.0 Å². The fourth-order valence-corrected chi connectivity index (χ4v) is 2.46. The van der Waals surface area contributed by atoms with Crippen molar-refractivity contribution in [2.75, 3.05) is 39.3 Å². The van der Waals surface area contributed by atoms with E-state index in [0.717, 1.165) is 26.1 Å². The Bertz CT molecular complexity index is 530.